The third-order valence-corrected chi connectivity index (χ3v) is 5.32. The van der Waals surface area contributed by atoms with Crippen LogP contribution in [-0.4, -0.2) is 48.6 Å². The van der Waals surface area contributed by atoms with E-state index in [1.807, 2.05) is 6.20 Å². The number of rotatable bonds is 4. The number of likely N-dealkylation sites (tertiary alicyclic amines) is 1. The predicted octanol–water partition coefficient (Wildman–Crippen LogP) is 3.89. The lowest BCUT2D eigenvalue weighted by molar-refractivity contribution is 0.273. The average molecular weight is 471 g/mol. The number of anilines is 1. The van der Waals surface area contributed by atoms with E-state index in [4.69, 9.17) is 4.99 Å². The van der Waals surface area contributed by atoms with Gasteiger partial charge >= 0.3 is 0 Å². The van der Waals surface area contributed by atoms with Gasteiger partial charge in [-0.2, -0.15) is 0 Å². The summed E-state index contributed by atoms with van der Waals surface area (Å²) < 4.78 is 0. The number of aliphatic imine (C=N–C) groups is 1. The monoisotopic (exact) mass is 471 g/mol. The molecule has 2 aliphatic heterocycles. The van der Waals surface area contributed by atoms with Gasteiger partial charge in [0.1, 0.15) is 5.82 Å². The summed E-state index contributed by atoms with van der Waals surface area (Å²) >= 11 is 0. The second-order valence-electron chi connectivity index (χ2n) is 7.41. The van der Waals surface area contributed by atoms with E-state index >= 15 is 0 Å². The van der Waals surface area contributed by atoms with Crippen LogP contribution in [0.25, 0.3) is 0 Å². The number of hydrogen-bond donors (Lipinski definition) is 1. The van der Waals surface area contributed by atoms with Crippen molar-refractivity contribution in [1.82, 2.24) is 15.2 Å². The molecular formula is C20H34IN5. The van der Waals surface area contributed by atoms with Crippen molar-refractivity contribution in [1.29, 1.82) is 0 Å². The van der Waals surface area contributed by atoms with Gasteiger partial charge in [-0.05, 0) is 62.6 Å². The number of halogens is 1. The van der Waals surface area contributed by atoms with Crippen LogP contribution >= 0.6 is 24.0 Å². The van der Waals surface area contributed by atoms with Crippen molar-refractivity contribution in [3.05, 3.63) is 23.9 Å². The first-order valence-electron chi connectivity index (χ1n) is 9.99. The van der Waals surface area contributed by atoms with Crippen LogP contribution in [0.3, 0.4) is 0 Å². The van der Waals surface area contributed by atoms with Crippen LogP contribution in [-0.2, 0) is 6.54 Å². The first-order chi connectivity index (χ1) is 12.3. The van der Waals surface area contributed by atoms with Crippen molar-refractivity contribution in [2.24, 2.45) is 10.9 Å². The van der Waals surface area contributed by atoms with Crippen molar-refractivity contribution in [3.8, 4) is 0 Å². The molecule has 0 bridgehead atoms. The number of hydrogen-bond acceptors (Lipinski definition) is 3. The number of piperidine rings is 2. The summed E-state index contributed by atoms with van der Waals surface area (Å²) in [6.07, 6.45) is 8.37. The number of guanidine groups is 1. The Morgan fingerprint density at radius 1 is 1.19 bits per heavy atom. The summed E-state index contributed by atoms with van der Waals surface area (Å²) in [4.78, 5) is 14.3. The standard InChI is InChI=1S/C20H33N5.HI/c1-3-21-20(25-13-8-17(2)9-14-25)23-16-18-7-10-22-19(15-18)24-11-5-4-6-12-24;/h7,10,15,17H,3-6,8-9,11-14,16H2,1-2H3,(H,21,23);1H. The highest BCUT2D eigenvalue weighted by Crippen LogP contribution is 2.19. The van der Waals surface area contributed by atoms with Crippen LogP contribution in [0.15, 0.2) is 23.3 Å². The molecule has 6 heteroatoms. The lowest BCUT2D eigenvalue weighted by Crippen LogP contribution is -2.45. The molecule has 0 unspecified atom stereocenters. The molecular weight excluding hydrogens is 437 g/mol. The van der Waals surface area contributed by atoms with Gasteiger partial charge in [-0.15, -0.1) is 24.0 Å². The molecule has 2 aliphatic rings. The van der Waals surface area contributed by atoms with Crippen molar-refractivity contribution in [2.45, 2.75) is 52.5 Å². The summed E-state index contributed by atoms with van der Waals surface area (Å²) in [5.74, 6) is 3.02. The maximum Gasteiger partial charge on any atom is 0.194 e. The fourth-order valence-electron chi connectivity index (χ4n) is 3.67. The van der Waals surface area contributed by atoms with Crippen molar-refractivity contribution in [3.63, 3.8) is 0 Å². The molecule has 0 radical (unpaired) electrons. The molecule has 3 heterocycles. The summed E-state index contributed by atoms with van der Waals surface area (Å²) in [7, 11) is 0. The van der Waals surface area contributed by atoms with Gasteiger partial charge in [-0.1, -0.05) is 6.92 Å². The maximum absolute atomic E-state index is 4.90. The molecule has 1 aromatic rings. The summed E-state index contributed by atoms with van der Waals surface area (Å²) in [5.41, 5.74) is 1.25. The van der Waals surface area contributed by atoms with Gasteiger partial charge in [0, 0.05) is 38.9 Å². The topological polar surface area (TPSA) is 43.8 Å². The van der Waals surface area contributed by atoms with E-state index in [-0.39, 0.29) is 24.0 Å². The average Bonchev–Trinajstić information content (AvgIpc) is 2.67. The van der Waals surface area contributed by atoms with Gasteiger partial charge in [0.05, 0.1) is 6.54 Å². The number of nitrogens with zero attached hydrogens (tertiary/aromatic N) is 4. The van der Waals surface area contributed by atoms with Crippen LogP contribution in [0.2, 0.25) is 0 Å². The van der Waals surface area contributed by atoms with Gasteiger partial charge in [-0.25, -0.2) is 9.98 Å². The minimum Gasteiger partial charge on any atom is -0.357 e. The molecule has 2 saturated heterocycles. The smallest absolute Gasteiger partial charge is 0.194 e. The van der Waals surface area contributed by atoms with E-state index in [0.29, 0.717) is 0 Å². The zero-order valence-electron chi connectivity index (χ0n) is 16.3. The van der Waals surface area contributed by atoms with Crippen molar-refractivity contribution in [2.75, 3.05) is 37.6 Å². The Labute approximate surface area is 175 Å². The quantitative estimate of drug-likeness (QED) is 0.411. The third kappa shape index (κ3) is 5.99. The Morgan fingerprint density at radius 3 is 2.62 bits per heavy atom. The summed E-state index contributed by atoms with van der Waals surface area (Å²) in [6, 6.07) is 4.31. The van der Waals surface area contributed by atoms with Crippen molar-refractivity contribution >= 4 is 35.8 Å². The van der Waals surface area contributed by atoms with Gasteiger partial charge in [-0.3, -0.25) is 0 Å². The number of nitrogens with one attached hydrogen (secondary N) is 1. The predicted molar refractivity (Wildman–Crippen MR) is 121 cm³/mol. The SMILES string of the molecule is CCNC(=NCc1ccnc(N2CCCCC2)c1)N1CCC(C)CC1.I. The minimum absolute atomic E-state index is 0. The second kappa shape index (κ2) is 10.9. The van der Waals surface area contributed by atoms with Crippen LogP contribution in [0.1, 0.15) is 51.5 Å². The van der Waals surface area contributed by atoms with Crippen LogP contribution in [0.5, 0.6) is 0 Å². The van der Waals surface area contributed by atoms with Gasteiger partial charge in [0.15, 0.2) is 5.96 Å². The molecule has 3 rings (SSSR count). The minimum atomic E-state index is 0. The van der Waals surface area contributed by atoms with E-state index in [2.05, 4.69) is 46.1 Å². The maximum atomic E-state index is 4.90. The van der Waals surface area contributed by atoms with E-state index in [0.717, 1.165) is 57.0 Å². The van der Waals surface area contributed by atoms with Gasteiger partial charge < -0.3 is 15.1 Å². The number of aromatic nitrogens is 1. The molecule has 0 aliphatic carbocycles. The molecule has 0 atom stereocenters. The molecule has 1 aromatic heterocycles. The largest absolute Gasteiger partial charge is 0.357 e. The highest BCUT2D eigenvalue weighted by molar-refractivity contribution is 14.0. The molecule has 0 amide bonds. The lowest BCUT2D eigenvalue weighted by atomic mass is 10.00. The Morgan fingerprint density at radius 2 is 1.92 bits per heavy atom. The third-order valence-electron chi connectivity index (χ3n) is 5.32. The Balaban J connectivity index is 0.00000243. The summed E-state index contributed by atoms with van der Waals surface area (Å²) in [6.45, 7) is 10.6. The fourth-order valence-corrected chi connectivity index (χ4v) is 3.67. The zero-order valence-corrected chi connectivity index (χ0v) is 18.6. The first-order valence-corrected chi connectivity index (χ1v) is 9.99. The van der Waals surface area contributed by atoms with Gasteiger partial charge in [0.25, 0.3) is 0 Å². The Hall–Kier alpha value is -1.05. The van der Waals surface area contributed by atoms with E-state index in [1.54, 1.807) is 0 Å². The molecule has 0 aromatic carbocycles. The normalized spacial score (nSPS) is 19.2. The highest BCUT2D eigenvalue weighted by Gasteiger charge is 2.18. The number of pyridine rings is 1. The van der Waals surface area contributed by atoms with Crippen LogP contribution in [0.4, 0.5) is 5.82 Å². The molecule has 2 fully saturated rings. The van der Waals surface area contributed by atoms with Crippen LogP contribution < -0.4 is 10.2 Å². The molecule has 146 valence electrons. The van der Waals surface area contributed by atoms with E-state index in [9.17, 15) is 0 Å². The first kappa shape index (κ1) is 21.3. The fraction of sp³-hybridized carbons (Fsp3) is 0.700. The van der Waals surface area contributed by atoms with E-state index in [1.165, 1.54) is 37.7 Å². The molecule has 1 N–H and O–H groups in total. The van der Waals surface area contributed by atoms with E-state index < -0.39 is 0 Å². The Bertz CT molecular complexity index is 563. The van der Waals surface area contributed by atoms with Crippen molar-refractivity contribution < 1.29 is 0 Å². The van der Waals surface area contributed by atoms with Gasteiger partial charge in [0.2, 0.25) is 0 Å². The molecule has 0 saturated carbocycles. The molecule has 26 heavy (non-hydrogen) atoms. The van der Waals surface area contributed by atoms with Crippen LogP contribution in [0, 0.1) is 5.92 Å². The highest BCUT2D eigenvalue weighted by atomic mass is 127. The molecule has 5 nitrogen and oxygen atoms in total. The summed E-state index contributed by atoms with van der Waals surface area (Å²) in [5, 5.41) is 3.47. The molecule has 0 spiro atoms. The Kier molecular flexibility index (Phi) is 8.95. The zero-order chi connectivity index (χ0) is 17.5. The second-order valence-corrected chi connectivity index (χ2v) is 7.41. The lowest BCUT2D eigenvalue weighted by Gasteiger charge is -2.33.